The number of aryl methyl sites for hydroxylation is 1. The number of carbonyl (C=O) groups excluding carboxylic acids is 2. The first-order valence-electron chi connectivity index (χ1n) is 8.27. The molecule has 7 nitrogen and oxygen atoms in total. The van der Waals surface area contributed by atoms with Gasteiger partial charge in [0.2, 0.25) is 11.7 Å². The Kier molecular flexibility index (Phi) is 4.04. The summed E-state index contributed by atoms with van der Waals surface area (Å²) in [5.41, 5.74) is 0.585. The predicted octanol–water partition coefficient (Wildman–Crippen LogP) is 3.16. The van der Waals surface area contributed by atoms with Gasteiger partial charge in [0, 0.05) is 12.4 Å². The van der Waals surface area contributed by atoms with Gasteiger partial charge in [-0.05, 0) is 30.7 Å². The quantitative estimate of drug-likeness (QED) is 0.717. The summed E-state index contributed by atoms with van der Waals surface area (Å²) in [5.74, 6) is -1.21. The number of anilines is 1. The first kappa shape index (κ1) is 16.7. The smallest absolute Gasteiger partial charge is 0.296 e. The van der Waals surface area contributed by atoms with Crippen LogP contribution < -0.4 is 4.90 Å². The van der Waals surface area contributed by atoms with Gasteiger partial charge in [-0.3, -0.25) is 14.5 Å². The molecule has 0 saturated carbocycles. The molecule has 1 N–H and O–H groups in total. The van der Waals surface area contributed by atoms with E-state index >= 15 is 0 Å². The molecule has 27 heavy (non-hydrogen) atoms. The van der Waals surface area contributed by atoms with E-state index in [4.69, 9.17) is 4.42 Å². The normalized spacial score (nSPS) is 16.9. The first-order chi connectivity index (χ1) is 13.1. The van der Waals surface area contributed by atoms with Crippen LogP contribution in [0.3, 0.4) is 0 Å². The highest BCUT2D eigenvalue weighted by Gasteiger charge is 2.46. The number of hydrogen-bond donors (Lipinski definition) is 1. The Labute approximate surface area is 154 Å². The molecule has 1 unspecified atom stereocenters. The molecular weight excluding hydrogens is 346 g/mol. The summed E-state index contributed by atoms with van der Waals surface area (Å²) >= 11 is 0. The van der Waals surface area contributed by atoms with Crippen LogP contribution in [0.2, 0.25) is 0 Å². The third kappa shape index (κ3) is 2.79. The van der Waals surface area contributed by atoms with Crippen LogP contribution in [0.1, 0.15) is 27.9 Å². The van der Waals surface area contributed by atoms with E-state index in [1.807, 2.05) is 6.07 Å². The van der Waals surface area contributed by atoms with Gasteiger partial charge in [0.1, 0.15) is 5.76 Å². The molecule has 1 amide bonds. The van der Waals surface area contributed by atoms with Gasteiger partial charge in [0.15, 0.2) is 11.5 Å². The molecule has 3 heterocycles. The Bertz CT molecular complexity index is 1040. The number of Topliss-reactive ketones (excluding diaryl/α,β-unsaturated/α-hetero) is 1. The van der Waals surface area contributed by atoms with Crippen molar-refractivity contribution in [3.63, 3.8) is 0 Å². The van der Waals surface area contributed by atoms with Gasteiger partial charge >= 0.3 is 0 Å². The highest BCUT2D eigenvalue weighted by atomic mass is 16.3. The number of amides is 1. The average molecular weight is 361 g/mol. The molecule has 4 rings (SSSR count). The number of ketones is 1. The van der Waals surface area contributed by atoms with Crippen LogP contribution in [0, 0.1) is 6.92 Å². The van der Waals surface area contributed by atoms with Crippen molar-refractivity contribution in [3.05, 3.63) is 89.3 Å². The van der Waals surface area contributed by atoms with Gasteiger partial charge < -0.3 is 9.52 Å². The van der Waals surface area contributed by atoms with Crippen LogP contribution in [-0.2, 0) is 4.79 Å². The minimum Gasteiger partial charge on any atom is -0.503 e. The van der Waals surface area contributed by atoms with Crippen LogP contribution in [0.15, 0.2) is 76.7 Å². The highest BCUT2D eigenvalue weighted by Crippen LogP contribution is 2.40. The zero-order valence-electron chi connectivity index (χ0n) is 14.4. The van der Waals surface area contributed by atoms with Crippen LogP contribution in [0.5, 0.6) is 0 Å². The number of carbonyl (C=O) groups is 2. The number of aromatic nitrogens is 2. The second kappa shape index (κ2) is 6.53. The molecule has 134 valence electrons. The first-order valence-corrected chi connectivity index (χ1v) is 8.27. The zero-order valence-corrected chi connectivity index (χ0v) is 14.4. The standard InChI is InChI=1S/C20H15N3O4/c1-12-8-9-14(27-12)17(24)15-16(13-6-3-2-4-7-13)23(19(26)18(15)25)20-21-10-5-11-22-20/h2-11,16,25H,1H3. The fraction of sp³-hybridized carbons (Fsp3) is 0.100. The summed E-state index contributed by atoms with van der Waals surface area (Å²) in [5, 5.41) is 10.5. The van der Waals surface area contributed by atoms with E-state index in [-0.39, 0.29) is 17.3 Å². The Morgan fingerprint density at radius 1 is 1.07 bits per heavy atom. The number of benzene rings is 1. The van der Waals surface area contributed by atoms with Crippen molar-refractivity contribution >= 4 is 17.6 Å². The molecule has 0 bridgehead atoms. The maximum atomic E-state index is 13.0. The van der Waals surface area contributed by atoms with Gasteiger partial charge in [-0.1, -0.05) is 30.3 Å². The van der Waals surface area contributed by atoms with Crippen molar-refractivity contribution < 1.29 is 19.1 Å². The molecular formula is C20H15N3O4. The Balaban J connectivity index is 1.87. The fourth-order valence-electron chi connectivity index (χ4n) is 3.10. The molecule has 1 atom stereocenters. The monoisotopic (exact) mass is 361 g/mol. The molecule has 1 aliphatic heterocycles. The maximum Gasteiger partial charge on any atom is 0.296 e. The number of aliphatic hydroxyl groups excluding tert-OH is 1. The van der Waals surface area contributed by atoms with E-state index in [0.29, 0.717) is 11.3 Å². The van der Waals surface area contributed by atoms with Crippen molar-refractivity contribution in [2.24, 2.45) is 0 Å². The number of furan rings is 1. The van der Waals surface area contributed by atoms with Crippen LogP contribution in [0.4, 0.5) is 5.95 Å². The van der Waals surface area contributed by atoms with E-state index in [0.717, 1.165) is 0 Å². The van der Waals surface area contributed by atoms with Crippen molar-refractivity contribution in [3.8, 4) is 0 Å². The molecule has 1 aromatic carbocycles. The summed E-state index contributed by atoms with van der Waals surface area (Å²) in [7, 11) is 0. The average Bonchev–Trinajstić information content (AvgIpc) is 3.24. The number of aliphatic hydroxyl groups is 1. The summed E-state index contributed by atoms with van der Waals surface area (Å²) in [6.07, 6.45) is 2.98. The molecule has 0 fully saturated rings. The predicted molar refractivity (Wildman–Crippen MR) is 96.1 cm³/mol. The minimum atomic E-state index is -0.862. The lowest BCUT2D eigenvalue weighted by Crippen LogP contribution is -2.32. The van der Waals surface area contributed by atoms with E-state index in [2.05, 4.69) is 9.97 Å². The van der Waals surface area contributed by atoms with Crippen molar-refractivity contribution in [1.29, 1.82) is 0 Å². The van der Waals surface area contributed by atoms with Gasteiger partial charge in [-0.2, -0.15) is 0 Å². The van der Waals surface area contributed by atoms with E-state index in [1.54, 1.807) is 43.3 Å². The van der Waals surface area contributed by atoms with E-state index < -0.39 is 23.5 Å². The molecule has 0 spiro atoms. The summed E-state index contributed by atoms with van der Waals surface area (Å²) in [6.45, 7) is 1.71. The topological polar surface area (TPSA) is 96.5 Å². The second-order valence-corrected chi connectivity index (χ2v) is 6.04. The zero-order chi connectivity index (χ0) is 19.0. The molecule has 3 aromatic rings. The molecule has 7 heteroatoms. The van der Waals surface area contributed by atoms with Crippen molar-refractivity contribution in [2.75, 3.05) is 4.90 Å². The maximum absolute atomic E-state index is 13.0. The Hall–Kier alpha value is -3.74. The van der Waals surface area contributed by atoms with Gasteiger partial charge in [0.25, 0.3) is 5.91 Å². The second-order valence-electron chi connectivity index (χ2n) is 6.04. The van der Waals surface area contributed by atoms with Crippen molar-refractivity contribution in [1.82, 2.24) is 9.97 Å². The van der Waals surface area contributed by atoms with Crippen LogP contribution in [-0.4, -0.2) is 26.8 Å². The molecule has 0 aliphatic carbocycles. The fourth-order valence-corrected chi connectivity index (χ4v) is 3.10. The van der Waals surface area contributed by atoms with Crippen molar-refractivity contribution in [2.45, 2.75) is 13.0 Å². The Morgan fingerprint density at radius 2 is 1.78 bits per heavy atom. The van der Waals surface area contributed by atoms with E-state index in [9.17, 15) is 14.7 Å². The number of rotatable bonds is 4. The third-order valence-corrected chi connectivity index (χ3v) is 4.30. The third-order valence-electron chi connectivity index (χ3n) is 4.30. The lowest BCUT2D eigenvalue weighted by Gasteiger charge is -2.24. The van der Waals surface area contributed by atoms with E-state index in [1.165, 1.54) is 23.4 Å². The number of nitrogens with zero attached hydrogens (tertiary/aromatic N) is 3. The minimum absolute atomic E-state index is 0.0543. The highest BCUT2D eigenvalue weighted by molar-refractivity contribution is 6.19. The summed E-state index contributed by atoms with van der Waals surface area (Å²) in [6, 6.07) is 12.9. The van der Waals surface area contributed by atoms with Gasteiger partial charge in [0.05, 0.1) is 11.6 Å². The van der Waals surface area contributed by atoms with Gasteiger partial charge in [-0.25, -0.2) is 9.97 Å². The molecule has 1 aliphatic rings. The number of hydrogen-bond acceptors (Lipinski definition) is 6. The molecule has 0 radical (unpaired) electrons. The largest absolute Gasteiger partial charge is 0.503 e. The summed E-state index contributed by atoms with van der Waals surface area (Å²) < 4.78 is 5.41. The lowest BCUT2D eigenvalue weighted by molar-refractivity contribution is -0.117. The summed E-state index contributed by atoms with van der Waals surface area (Å²) in [4.78, 5) is 35.3. The van der Waals surface area contributed by atoms with Gasteiger partial charge in [-0.15, -0.1) is 0 Å². The lowest BCUT2D eigenvalue weighted by atomic mass is 9.95. The van der Waals surface area contributed by atoms with Crippen LogP contribution in [0.25, 0.3) is 0 Å². The van der Waals surface area contributed by atoms with Crippen LogP contribution >= 0.6 is 0 Å². The SMILES string of the molecule is Cc1ccc(C(=O)C2=C(O)C(=O)N(c3ncccn3)C2c2ccccc2)o1. The Morgan fingerprint density at radius 3 is 2.41 bits per heavy atom. The molecule has 2 aromatic heterocycles. The molecule has 0 saturated heterocycles.